The molecule has 0 rings (SSSR count). The van der Waals surface area contributed by atoms with Crippen LogP contribution in [0, 0.1) is 0 Å². The first kappa shape index (κ1) is 12.8. The van der Waals surface area contributed by atoms with Crippen LogP contribution in [-0.4, -0.2) is 23.8 Å². The van der Waals surface area contributed by atoms with Crippen LogP contribution in [0.3, 0.4) is 0 Å². The molecule has 0 aromatic rings. The predicted molar refractivity (Wildman–Crippen MR) is 46.5 cm³/mol. The van der Waals surface area contributed by atoms with Crippen molar-refractivity contribution in [2.45, 2.75) is 25.7 Å². The average Bonchev–Trinajstić information content (AvgIpc) is 2.02. The summed E-state index contributed by atoms with van der Waals surface area (Å²) in [5.41, 5.74) is 0. The van der Waals surface area contributed by atoms with Gasteiger partial charge in [-0.05, 0) is 12.8 Å². The summed E-state index contributed by atoms with van der Waals surface area (Å²) < 4.78 is 0. The molecule has 0 bridgehead atoms. The minimum absolute atomic E-state index is 0.729. The summed E-state index contributed by atoms with van der Waals surface area (Å²) >= 11 is 3.31. The molecule has 0 fully saturated rings. The van der Waals surface area contributed by atoms with Crippen molar-refractivity contribution in [2.24, 2.45) is 0 Å². The van der Waals surface area contributed by atoms with E-state index in [0.717, 1.165) is 31.6 Å². The maximum atomic E-state index is 9.76. The summed E-state index contributed by atoms with van der Waals surface area (Å²) in [6.07, 6.45) is 5.12. The Morgan fingerprint density at radius 2 is 1.90 bits per heavy atom. The zero-order valence-corrected chi connectivity index (χ0v) is 7.93. The Labute approximate surface area is 70.8 Å². The highest BCUT2D eigenvalue weighted by Gasteiger charge is 1.84. The van der Waals surface area contributed by atoms with Crippen molar-refractivity contribution in [1.29, 1.82) is 0 Å². The lowest BCUT2D eigenvalue weighted by Gasteiger charge is -1.89. The molecule has 0 saturated carbocycles. The summed E-state index contributed by atoms with van der Waals surface area (Å²) in [5.74, 6) is 0. The van der Waals surface area contributed by atoms with E-state index in [0.29, 0.717) is 0 Å². The van der Waals surface area contributed by atoms with E-state index in [1.165, 1.54) is 12.8 Å². The lowest BCUT2D eigenvalue weighted by atomic mass is 10.2. The largest absolute Gasteiger partial charge is 0.400 e. The molecule has 0 unspecified atom stereocenters. The Morgan fingerprint density at radius 3 is 2.30 bits per heavy atom. The lowest BCUT2D eigenvalue weighted by Crippen LogP contribution is -1.78. The minimum Gasteiger partial charge on any atom is -0.400 e. The number of hydrogen-bond donors (Lipinski definition) is 1. The molecule has 0 saturated heterocycles. The van der Waals surface area contributed by atoms with E-state index >= 15 is 0 Å². The van der Waals surface area contributed by atoms with Crippen LogP contribution >= 0.6 is 15.9 Å². The number of carbonyl (C=O) groups excluding carboxylic acids is 1. The van der Waals surface area contributed by atoms with E-state index in [9.17, 15) is 4.79 Å². The third kappa shape index (κ3) is 15.7. The summed E-state index contributed by atoms with van der Waals surface area (Å²) in [6, 6.07) is 0. The van der Waals surface area contributed by atoms with Gasteiger partial charge in [0.15, 0.2) is 0 Å². The van der Waals surface area contributed by atoms with Crippen LogP contribution < -0.4 is 0 Å². The Bertz CT molecular complexity index is 57.6. The van der Waals surface area contributed by atoms with E-state index in [2.05, 4.69) is 15.9 Å². The molecule has 0 heterocycles. The quantitative estimate of drug-likeness (QED) is 0.427. The highest BCUT2D eigenvalue weighted by atomic mass is 79.9. The molecule has 0 aliphatic rings. The number of carbonyl (C=O) groups is 1. The number of aliphatic hydroxyl groups is 1. The third-order valence-corrected chi connectivity index (χ3v) is 1.52. The summed E-state index contributed by atoms with van der Waals surface area (Å²) in [4.78, 5) is 9.76. The number of rotatable bonds is 5. The second kappa shape index (κ2) is 16.1. The Balaban J connectivity index is 0. The summed E-state index contributed by atoms with van der Waals surface area (Å²) in [7, 11) is 1.00. The number of halogens is 1. The van der Waals surface area contributed by atoms with Crippen molar-refractivity contribution in [3.8, 4) is 0 Å². The van der Waals surface area contributed by atoms with Gasteiger partial charge in [0, 0.05) is 18.9 Å². The number of aliphatic hydroxyl groups excluding tert-OH is 1. The number of alkyl halides is 1. The van der Waals surface area contributed by atoms with Crippen LogP contribution in [0.5, 0.6) is 0 Å². The molecule has 0 aromatic heterocycles. The van der Waals surface area contributed by atoms with E-state index in [4.69, 9.17) is 5.11 Å². The van der Waals surface area contributed by atoms with Crippen LogP contribution in [0.4, 0.5) is 0 Å². The molecular formula is C7H15BrO2. The second-order valence-electron chi connectivity index (χ2n) is 1.70. The molecule has 0 aliphatic carbocycles. The Morgan fingerprint density at radius 1 is 1.30 bits per heavy atom. The van der Waals surface area contributed by atoms with Crippen LogP contribution in [0.25, 0.3) is 0 Å². The van der Waals surface area contributed by atoms with Crippen molar-refractivity contribution in [3.63, 3.8) is 0 Å². The van der Waals surface area contributed by atoms with Crippen LogP contribution in [-0.2, 0) is 4.79 Å². The first-order valence-corrected chi connectivity index (χ1v) is 4.48. The molecule has 0 aromatic carbocycles. The van der Waals surface area contributed by atoms with E-state index in [1.54, 1.807) is 0 Å². The van der Waals surface area contributed by atoms with Crippen LogP contribution in [0.2, 0.25) is 0 Å². The van der Waals surface area contributed by atoms with Gasteiger partial charge in [-0.2, -0.15) is 0 Å². The maximum absolute atomic E-state index is 9.76. The van der Waals surface area contributed by atoms with Gasteiger partial charge in [-0.1, -0.05) is 22.4 Å². The summed E-state index contributed by atoms with van der Waals surface area (Å²) in [5, 5.41) is 8.06. The fourth-order valence-electron chi connectivity index (χ4n) is 0.499. The zero-order valence-electron chi connectivity index (χ0n) is 6.35. The molecule has 1 N–H and O–H groups in total. The smallest absolute Gasteiger partial charge is 0.119 e. The van der Waals surface area contributed by atoms with Gasteiger partial charge in [0.25, 0.3) is 0 Å². The molecule has 0 radical (unpaired) electrons. The van der Waals surface area contributed by atoms with Gasteiger partial charge in [-0.15, -0.1) is 0 Å². The second-order valence-corrected chi connectivity index (χ2v) is 2.50. The Kier molecular flexibility index (Phi) is 20.5. The van der Waals surface area contributed by atoms with Gasteiger partial charge in [0.1, 0.15) is 6.29 Å². The predicted octanol–water partition coefficient (Wildman–Crippen LogP) is 1.75. The molecule has 0 atom stereocenters. The molecule has 10 heavy (non-hydrogen) atoms. The first-order chi connectivity index (χ1) is 4.91. The fourth-order valence-corrected chi connectivity index (χ4v) is 0.895. The van der Waals surface area contributed by atoms with E-state index in [-0.39, 0.29) is 0 Å². The van der Waals surface area contributed by atoms with Crippen LogP contribution in [0.1, 0.15) is 25.7 Å². The van der Waals surface area contributed by atoms with Crippen molar-refractivity contribution in [3.05, 3.63) is 0 Å². The van der Waals surface area contributed by atoms with Gasteiger partial charge in [0.2, 0.25) is 0 Å². The Hall–Kier alpha value is 0.110. The molecule has 3 heteroatoms. The van der Waals surface area contributed by atoms with E-state index in [1.807, 2.05) is 0 Å². The first-order valence-electron chi connectivity index (χ1n) is 3.36. The molecule has 62 valence electrons. The average molecular weight is 211 g/mol. The highest BCUT2D eigenvalue weighted by Crippen LogP contribution is 1.99. The fraction of sp³-hybridized carbons (Fsp3) is 0.857. The molecule has 0 aliphatic heterocycles. The third-order valence-electron chi connectivity index (χ3n) is 0.956. The maximum Gasteiger partial charge on any atom is 0.119 e. The van der Waals surface area contributed by atoms with Gasteiger partial charge in [-0.3, -0.25) is 0 Å². The van der Waals surface area contributed by atoms with Gasteiger partial charge in [0.05, 0.1) is 0 Å². The molecular weight excluding hydrogens is 196 g/mol. The van der Waals surface area contributed by atoms with Crippen molar-refractivity contribution < 1.29 is 9.90 Å². The molecule has 0 amide bonds. The van der Waals surface area contributed by atoms with Crippen molar-refractivity contribution in [2.75, 3.05) is 12.4 Å². The normalized spacial score (nSPS) is 7.90. The van der Waals surface area contributed by atoms with Gasteiger partial charge in [-0.25, -0.2) is 0 Å². The van der Waals surface area contributed by atoms with Gasteiger partial charge < -0.3 is 9.90 Å². The highest BCUT2D eigenvalue weighted by molar-refractivity contribution is 9.09. The molecule has 2 nitrogen and oxygen atoms in total. The standard InChI is InChI=1S/C6H11BrO.CH4O/c7-5-3-1-2-4-6-8;1-2/h6H,1-5H2;2H,1H3. The van der Waals surface area contributed by atoms with E-state index < -0.39 is 0 Å². The number of hydrogen-bond acceptors (Lipinski definition) is 2. The molecule has 0 spiro atoms. The monoisotopic (exact) mass is 210 g/mol. The number of unbranched alkanes of at least 4 members (excludes halogenated alkanes) is 3. The van der Waals surface area contributed by atoms with Crippen molar-refractivity contribution >= 4 is 22.2 Å². The SMILES string of the molecule is CO.O=CCCCCCBr. The number of aldehydes is 1. The summed E-state index contributed by atoms with van der Waals surface area (Å²) in [6.45, 7) is 0. The van der Waals surface area contributed by atoms with Crippen molar-refractivity contribution in [1.82, 2.24) is 0 Å². The minimum atomic E-state index is 0.729. The zero-order chi connectivity index (χ0) is 8.24. The lowest BCUT2D eigenvalue weighted by molar-refractivity contribution is -0.107. The van der Waals surface area contributed by atoms with Crippen LogP contribution in [0.15, 0.2) is 0 Å². The topological polar surface area (TPSA) is 37.3 Å². The van der Waals surface area contributed by atoms with Gasteiger partial charge >= 0.3 is 0 Å².